The van der Waals surface area contributed by atoms with E-state index in [0.29, 0.717) is 0 Å². The lowest BCUT2D eigenvalue weighted by Gasteiger charge is -1.91. The molecule has 0 radical (unpaired) electrons. The van der Waals surface area contributed by atoms with Gasteiger partial charge in [0.1, 0.15) is 12.0 Å². The number of hydrogen-bond donors (Lipinski definition) is 1. The van der Waals surface area contributed by atoms with E-state index in [1.54, 1.807) is 12.3 Å². The number of carboxylic acids is 1. The van der Waals surface area contributed by atoms with Gasteiger partial charge < -0.3 is 13.9 Å². The lowest BCUT2D eigenvalue weighted by Crippen LogP contribution is -1.95. The van der Waals surface area contributed by atoms with Gasteiger partial charge in [-0.2, -0.15) is 4.98 Å². The molecule has 0 saturated carbocycles. The molecule has 2 aromatic rings. The summed E-state index contributed by atoms with van der Waals surface area (Å²) in [6.45, 7) is 1.81. The van der Waals surface area contributed by atoms with Gasteiger partial charge in [-0.15, -0.1) is 0 Å². The largest absolute Gasteiger partial charge is 0.476 e. The topological polar surface area (TPSA) is 76.5 Å². The van der Waals surface area contributed by atoms with Gasteiger partial charge in [-0.3, -0.25) is 0 Å². The summed E-state index contributed by atoms with van der Waals surface area (Å²) >= 11 is 1.22. The van der Waals surface area contributed by atoms with Gasteiger partial charge in [0, 0.05) is 0 Å². The molecule has 0 aliphatic carbocycles. The summed E-state index contributed by atoms with van der Waals surface area (Å²) in [6.07, 6.45) is 2.67. The van der Waals surface area contributed by atoms with E-state index in [1.807, 2.05) is 6.92 Å². The molecule has 0 fully saturated rings. The third kappa shape index (κ3) is 2.04. The molecule has 0 bridgehead atoms. The Kier molecular flexibility index (Phi) is 2.51. The fraction of sp³-hybridized carbons (Fsp3) is 0.111. The average Bonchev–Trinajstić information content (AvgIpc) is 2.77. The number of hydrogen-bond acceptors (Lipinski definition) is 5. The number of carbonyl (C=O) groups is 1. The van der Waals surface area contributed by atoms with Crippen LogP contribution in [0, 0.1) is 6.92 Å². The van der Waals surface area contributed by atoms with Crippen molar-refractivity contribution in [2.24, 2.45) is 0 Å². The summed E-state index contributed by atoms with van der Waals surface area (Å²) in [5, 5.41) is 8.92. The number of aryl methyl sites for hydroxylation is 1. The summed E-state index contributed by atoms with van der Waals surface area (Å²) in [4.78, 5) is 15.2. The van der Waals surface area contributed by atoms with Crippen molar-refractivity contribution in [2.45, 2.75) is 17.0 Å². The minimum absolute atomic E-state index is 0.0985. The smallest absolute Gasteiger partial charge is 0.357 e. The van der Waals surface area contributed by atoms with E-state index in [1.165, 1.54) is 11.8 Å². The van der Waals surface area contributed by atoms with Gasteiger partial charge in [-0.05, 0) is 24.8 Å². The average molecular weight is 225 g/mol. The Labute approximate surface area is 89.1 Å². The molecule has 0 saturated heterocycles. The fourth-order valence-corrected chi connectivity index (χ4v) is 1.72. The zero-order valence-corrected chi connectivity index (χ0v) is 8.58. The molecule has 2 heterocycles. The third-order valence-corrected chi connectivity index (χ3v) is 2.72. The van der Waals surface area contributed by atoms with E-state index in [0.717, 1.165) is 16.9 Å². The fourth-order valence-electron chi connectivity index (χ4n) is 0.976. The highest BCUT2D eigenvalue weighted by Gasteiger charge is 2.13. The van der Waals surface area contributed by atoms with Crippen molar-refractivity contribution < 1.29 is 18.7 Å². The number of carboxylic acid groups (broad SMARTS) is 1. The summed E-state index contributed by atoms with van der Waals surface area (Å²) in [6, 6.07) is 1.77. The first-order chi connectivity index (χ1) is 7.16. The number of rotatable bonds is 3. The van der Waals surface area contributed by atoms with Crippen LogP contribution in [0.1, 0.15) is 16.2 Å². The van der Waals surface area contributed by atoms with Crippen molar-refractivity contribution in [3.05, 3.63) is 30.0 Å². The summed E-state index contributed by atoms with van der Waals surface area (Å²) in [7, 11) is 0. The molecular weight excluding hydrogens is 218 g/mol. The van der Waals surface area contributed by atoms with Crippen molar-refractivity contribution in [1.29, 1.82) is 0 Å². The molecule has 0 amide bonds. The maximum absolute atomic E-state index is 10.5. The molecule has 2 aromatic heterocycles. The number of aromatic carboxylic acids is 1. The van der Waals surface area contributed by atoms with Crippen molar-refractivity contribution in [3.8, 4) is 0 Å². The first kappa shape index (κ1) is 9.85. The first-order valence-electron chi connectivity index (χ1n) is 4.07. The maximum Gasteiger partial charge on any atom is 0.357 e. The van der Waals surface area contributed by atoms with Gasteiger partial charge in [0.2, 0.25) is 0 Å². The molecule has 78 valence electrons. The van der Waals surface area contributed by atoms with Crippen molar-refractivity contribution in [2.75, 3.05) is 0 Å². The Balaban J connectivity index is 2.18. The van der Waals surface area contributed by atoms with E-state index < -0.39 is 5.97 Å². The Morgan fingerprint density at radius 2 is 2.33 bits per heavy atom. The highest BCUT2D eigenvalue weighted by Crippen LogP contribution is 2.29. The number of nitrogens with zero attached hydrogens (tertiary/aromatic N) is 1. The SMILES string of the molecule is Cc1occc1Sc1nc(C(=O)O)co1. The first-order valence-corrected chi connectivity index (χ1v) is 4.89. The molecular formula is C9H7NO4S. The van der Waals surface area contributed by atoms with Crippen LogP contribution in [-0.4, -0.2) is 16.1 Å². The van der Waals surface area contributed by atoms with Crippen LogP contribution in [0.2, 0.25) is 0 Å². The minimum atomic E-state index is -1.10. The van der Waals surface area contributed by atoms with Crippen LogP contribution in [0.25, 0.3) is 0 Å². The standard InChI is InChI=1S/C9H7NO4S/c1-5-7(2-3-13-5)15-9-10-6(4-14-9)8(11)12/h2-4H,1H3,(H,11,12). The molecule has 5 nitrogen and oxygen atoms in total. The quantitative estimate of drug-likeness (QED) is 0.864. The molecule has 1 N–H and O–H groups in total. The monoisotopic (exact) mass is 225 g/mol. The van der Waals surface area contributed by atoms with E-state index in [2.05, 4.69) is 4.98 Å². The third-order valence-electron chi connectivity index (χ3n) is 1.71. The molecule has 0 aromatic carbocycles. The summed E-state index contributed by atoms with van der Waals surface area (Å²) in [5.41, 5.74) is -0.0985. The van der Waals surface area contributed by atoms with Crippen LogP contribution in [0.3, 0.4) is 0 Å². The molecule has 0 spiro atoms. The van der Waals surface area contributed by atoms with E-state index in [4.69, 9.17) is 13.9 Å². The second-order valence-electron chi connectivity index (χ2n) is 2.75. The Bertz CT molecular complexity index is 488. The summed E-state index contributed by atoms with van der Waals surface area (Å²) < 4.78 is 10.1. The van der Waals surface area contributed by atoms with Gasteiger partial charge in [0.05, 0.1) is 11.2 Å². The van der Waals surface area contributed by atoms with Crippen molar-refractivity contribution in [1.82, 2.24) is 4.98 Å². The Morgan fingerprint density at radius 3 is 2.87 bits per heavy atom. The molecule has 0 aliphatic heterocycles. The molecule has 0 aliphatic rings. The van der Waals surface area contributed by atoms with E-state index >= 15 is 0 Å². The van der Waals surface area contributed by atoms with Gasteiger partial charge in [-0.1, -0.05) is 0 Å². The maximum atomic E-state index is 10.5. The van der Waals surface area contributed by atoms with Crippen LogP contribution in [0.15, 0.2) is 37.5 Å². The second kappa shape index (κ2) is 3.82. The zero-order valence-electron chi connectivity index (χ0n) is 7.76. The van der Waals surface area contributed by atoms with E-state index in [-0.39, 0.29) is 10.9 Å². The predicted molar refractivity (Wildman–Crippen MR) is 51.0 cm³/mol. The predicted octanol–water partition coefficient (Wildman–Crippen LogP) is 2.43. The second-order valence-corrected chi connectivity index (χ2v) is 3.74. The molecule has 15 heavy (non-hydrogen) atoms. The van der Waals surface area contributed by atoms with Gasteiger partial charge in [-0.25, -0.2) is 4.79 Å². The highest BCUT2D eigenvalue weighted by molar-refractivity contribution is 7.99. The van der Waals surface area contributed by atoms with Gasteiger partial charge >= 0.3 is 5.97 Å². The molecule has 2 rings (SSSR count). The van der Waals surface area contributed by atoms with Crippen LogP contribution in [0.5, 0.6) is 0 Å². The van der Waals surface area contributed by atoms with Gasteiger partial charge in [0.15, 0.2) is 5.69 Å². The van der Waals surface area contributed by atoms with Gasteiger partial charge in [0.25, 0.3) is 5.22 Å². The van der Waals surface area contributed by atoms with E-state index in [9.17, 15) is 4.79 Å². The molecule has 6 heteroatoms. The van der Waals surface area contributed by atoms with Crippen LogP contribution < -0.4 is 0 Å². The summed E-state index contributed by atoms with van der Waals surface area (Å²) in [5.74, 6) is -0.357. The Hall–Kier alpha value is -1.69. The normalized spacial score (nSPS) is 10.5. The van der Waals surface area contributed by atoms with Crippen molar-refractivity contribution >= 4 is 17.7 Å². The number of oxazole rings is 1. The molecule has 0 unspecified atom stereocenters. The number of aromatic nitrogens is 1. The lowest BCUT2D eigenvalue weighted by atomic mass is 10.5. The minimum Gasteiger partial charge on any atom is -0.476 e. The highest BCUT2D eigenvalue weighted by atomic mass is 32.2. The van der Waals surface area contributed by atoms with Crippen LogP contribution >= 0.6 is 11.8 Å². The molecule has 0 atom stereocenters. The zero-order chi connectivity index (χ0) is 10.8. The lowest BCUT2D eigenvalue weighted by molar-refractivity contribution is 0.0690. The van der Waals surface area contributed by atoms with Crippen LogP contribution in [-0.2, 0) is 0 Å². The number of furan rings is 1. The van der Waals surface area contributed by atoms with Crippen LogP contribution in [0.4, 0.5) is 0 Å². The van der Waals surface area contributed by atoms with Crippen molar-refractivity contribution in [3.63, 3.8) is 0 Å². The Morgan fingerprint density at radius 1 is 1.53 bits per heavy atom.